The number of ether oxygens (including phenoxy) is 1. The van der Waals surface area contributed by atoms with Gasteiger partial charge in [0.05, 0.1) is 13.2 Å². The van der Waals surface area contributed by atoms with Gasteiger partial charge in [-0.05, 0) is 30.4 Å². The Kier molecular flexibility index (Phi) is 4.84. The molecule has 1 aliphatic carbocycles. The van der Waals surface area contributed by atoms with Gasteiger partial charge in [-0.3, -0.25) is 9.48 Å². The molecule has 4 rings (SSSR count). The molecule has 1 saturated heterocycles. The summed E-state index contributed by atoms with van der Waals surface area (Å²) < 4.78 is 45.4. The average molecular weight is 407 g/mol. The van der Waals surface area contributed by atoms with Crippen molar-refractivity contribution in [3.05, 3.63) is 52.8 Å². The third-order valence-corrected chi connectivity index (χ3v) is 5.27. The molecule has 6 nitrogen and oxygen atoms in total. The second kappa shape index (κ2) is 7.20. The maximum atomic E-state index is 13.2. The van der Waals surface area contributed by atoms with Gasteiger partial charge in [0.25, 0.3) is 0 Å². The first-order valence-corrected chi connectivity index (χ1v) is 9.44. The van der Waals surface area contributed by atoms with Crippen LogP contribution >= 0.6 is 0 Å². The number of fused-ring (bicyclic) bond motifs is 1. The van der Waals surface area contributed by atoms with Gasteiger partial charge in [-0.1, -0.05) is 24.3 Å². The van der Waals surface area contributed by atoms with Crippen LogP contribution in [0.25, 0.3) is 0 Å². The molecule has 0 bridgehead atoms. The van der Waals surface area contributed by atoms with E-state index in [0.717, 1.165) is 35.0 Å². The van der Waals surface area contributed by atoms with Crippen molar-refractivity contribution in [1.82, 2.24) is 14.7 Å². The molecule has 0 unspecified atom stereocenters. The van der Waals surface area contributed by atoms with Gasteiger partial charge in [0.2, 0.25) is 5.91 Å². The molecule has 0 N–H and O–H groups in total. The molecule has 2 aliphatic rings. The number of benzene rings is 1. The van der Waals surface area contributed by atoms with Crippen molar-refractivity contribution in [2.24, 2.45) is 11.8 Å². The van der Waals surface area contributed by atoms with Crippen LogP contribution in [0.2, 0.25) is 0 Å². The summed E-state index contributed by atoms with van der Waals surface area (Å²) in [6, 6.07) is 7.28. The van der Waals surface area contributed by atoms with E-state index >= 15 is 0 Å². The van der Waals surface area contributed by atoms with Crippen molar-refractivity contribution in [1.29, 1.82) is 0 Å². The van der Waals surface area contributed by atoms with Crippen LogP contribution in [0.1, 0.15) is 40.5 Å². The van der Waals surface area contributed by atoms with Gasteiger partial charge in [-0.15, -0.1) is 0 Å². The summed E-state index contributed by atoms with van der Waals surface area (Å²) in [5.41, 5.74) is -0.149. The zero-order chi connectivity index (χ0) is 20.8. The highest BCUT2D eigenvalue weighted by atomic mass is 19.4. The molecule has 0 spiro atoms. The highest BCUT2D eigenvalue weighted by Gasteiger charge is 2.51. The maximum absolute atomic E-state index is 13.2. The number of hydrogen-bond acceptors (Lipinski definition) is 4. The van der Waals surface area contributed by atoms with Crippen LogP contribution in [0.4, 0.5) is 13.2 Å². The number of nitrogens with zero attached hydrogens (tertiary/aromatic N) is 3. The highest BCUT2D eigenvalue weighted by Crippen LogP contribution is 2.46. The topological polar surface area (TPSA) is 64.4 Å². The number of esters is 1. The van der Waals surface area contributed by atoms with E-state index in [1.165, 1.54) is 6.92 Å². The molecule has 2 aromatic rings. The Balaban J connectivity index is 1.46. The quantitative estimate of drug-likeness (QED) is 0.691. The van der Waals surface area contributed by atoms with Crippen molar-refractivity contribution in [2.75, 3.05) is 13.2 Å². The fourth-order valence-corrected chi connectivity index (χ4v) is 3.73. The largest absolute Gasteiger partial charge is 0.462 e. The van der Waals surface area contributed by atoms with Gasteiger partial charge in [0, 0.05) is 25.2 Å². The zero-order valence-electron chi connectivity index (χ0n) is 15.8. The van der Waals surface area contributed by atoms with Crippen molar-refractivity contribution in [3.8, 4) is 0 Å². The van der Waals surface area contributed by atoms with Crippen LogP contribution in [-0.2, 0) is 28.8 Å². The van der Waals surface area contributed by atoms with Crippen molar-refractivity contribution >= 4 is 11.9 Å². The van der Waals surface area contributed by atoms with E-state index in [4.69, 9.17) is 4.74 Å². The van der Waals surface area contributed by atoms with E-state index in [1.54, 1.807) is 12.1 Å². The predicted molar refractivity (Wildman–Crippen MR) is 95.7 cm³/mol. The number of amides is 1. The van der Waals surface area contributed by atoms with Crippen LogP contribution in [-0.4, -0.2) is 39.7 Å². The Morgan fingerprint density at radius 3 is 2.41 bits per heavy atom. The van der Waals surface area contributed by atoms with Gasteiger partial charge >= 0.3 is 12.1 Å². The Hall–Kier alpha value is -2.84. The monoisotopic (exact) mass is 407 g/mol. The van der Waals surface area contributed by atoms with Crippen molar-refractivity contribution in [3.63, 3.8) is 0 Å². The predicted octanol–water partition coefficient (Wildman–Crippen LogP) is 3.11. The van der Waals surface area contributed by atoms with Crippen LogP contribution in [0.3, 0.4) is 0 Å². The summed E-state index contributed by atoms with van der Waals surface area (Å²) in [4.78, 5) is 25.7. The Morgan fingerprint density at radius 1 is 1.21 bits per heavy atom. The lowest BCUT2D eigenvalue weighted by molar-refractivity contribution is -0.142. The summed E-state index contributed by atoms with van der Waals surface area (Å²) in [7, 11) is 0. The molecule has 9 heteroatoms. The number of rotatable bonds is 6. The van der Waals surface area contributed by atoms with Gasteiger partial charge in [-0.2, -0.15) is 18.3 Å². The van der Waals surface area contributed by atoms with E-state index in [0.29, 0.717) is 12.5 Å². The Labute approximate surface area is 165 Å². The Bertz CT molecular complexity index is 937. The lowest BCUT2D eigenvalue weighted by Gasteiger charge is -2.18. The molecule has 1 aliphatic heterocycles. The summed E-state index contributed by atoms with van der Waals surface area (Å²) in [5, 5.41) is 3.55. The van der Waals surface area contributed by atoms with Crippen LogP contribution in [0.5, 0.6) is 0 Å². The first-order valence-electron chi connectivity index (χ1n) is 9.44. The minimum Gasteiger partial charge on any atom is -0.462 e. The summed E-state index contributed by atoms with van der Waals surface area (Å²) in [6.45, 7) is 2.92. The lowest BCUT2D eigenvalue weighted by atomic mass is 10.1. The summed E-state index contributed by atoms with van der Waals surface area (Å²) in [5.74, 6) is -0.111. The average Bonchev–Trinajstić information content (AvgIpc) is 3.18. The zero-order valence-corrected chi connectivity index (χ0v) is 15.8. The number of piperidine rings is 1. The van der Waals surface area contributed by atoms with Crippen molar-refractivity contribution < 1.29 is 27.5 Å². The van der Waals surface area contributed by atoms with E-state index in [1.807, 2.05) is 17.0 Å². The van der Waals surface area contributed by atoms with Gasteiger partial charge in [0.1, 0.15) is 5.56 Å². The summed E-state index contributed by atoms with van der Waals surface area (Å²) in [6.07, 6.45) is -2.68. The minimum atomic E-state index is -4.75. The molecule has 2 atom stereocenters. The smallest absolute Gasteiger partial charge is 0.436 e. The third kappa shape index (κ3) is 3.99. The molecule has 1 aromatic heterocycles. The Morgan fingerprint density at radius 2 is 1.86 bits per heavy atom. The fraction of sp³-hybridized carbons (Fsp3) is 0.450. The number of aromatic nitrogens is 2. The molecular weight excluding hydrogens is 387 g/mol. The number of alkyl halides is 3. The van der Waals surface area contributed by atoms with E-state index in [2.05, 4.69) is 5.10 Å². The second-order valence-electron chi connectivity index (χ2n) is 7.44. The van der Waals surface area contributed by atoms with Crippen LogP contribution < -0.4 is 0 Å². The SMILES string of the molecule is CCOC(=O)c1cn(Cc2ccc(CN3C[C@@H]4C[C@@H]4C3=O)cc2)nc1C(F)(F)F. The van der Waals surface area contributed by atoms with Gasteiger partial charge in [0.15, 0.2) is 5.69 Å². The lowest BCUT2D eigenvalue weighted by Crippen LogP contribution is -2.27. The van der Waals surface area contributed by atoms with Crippen LogP contribution in [0.15, 0.2) is 30.5 Å². The molecule has 1 amide bonds. The maximum Gasteiger partial charge on any atom is 0.436 e. The molecule has 2 heterocycles. The third-order valence-electron chi connectivity index (χ3n) is 5.27. The van der Waals surface area contributed by atoms with E-state index < -0.39 is 23.4 Å². The number of hydrogen-bond donors (Lipinski definition) is 0. The molecular formula is C20H20F3N3O3. The summed E-state index contributed by atoms with van der Waals surface area (Å²) >= 11 is 0. The number of likely N-dealkylation sites (tertiary alicyclic amines) is 1. The molecule has 154 valence electrons. The molecule has 29 heavy (non-hydrogen) atoms. The van der Waals surface area contributed by atoms with Crippen molar-refractivity contribution in [2.45, 2.75) is 32.6 Å². The first-order chi connectivity index (χ1) is 13.8. The van der Waals surface area contributed by atoms with E-state index in [9.17, 15) is 22.8 Å². The molecule has 2 fully saturated rings. The molecule has 1 saturated carbocycles. The molecule has 1 aromatic carbocycles. The molecule has 0 radical (unpaired) electrons. The second-order valence-corrected chi connectivity index (χ2v) is 7.44. The number of carbonyl (C=O) groups is 2. The van der Waals surface area contributed by atoms with Crippen LogP contribution in [0, 0.1) is 11.8 Å². The standard InChI is InChI=1S/C20H20F3N3O3/c1-2-29-19(28)16-11-26(24-17(16)20(21,22)23)9-13-5-3-12(4-6-13)8-25-10-14-7-15(14)18(25)27/h3-6,11,14-15H,2,7-10H2,1H3/t14-,15-/m0/s1. The fourth-order valence-electron chi connectivity index (χ4n) is 3.73. The van der Waals surface area contributed by atoms with Gasteiger partial charge in [-0.25, -0.2) is 4.79 Å². The van der Waals surface area contributed by atoms with E-state index in [-0.39, 0.29) is 25.0 Å². The number of halogens is 3. The number of carbonyl (C=O) groups excluding carboxylic acids is 2. The minimum absolute atomic E-state index is 0.0240. The van der Waals surface area contributed by atoms with Gasteiger partial charge < -0.3 is 9.64 Å². The highest BCUT2D eigenvalue weighted by molar-refractivity contribution is 5.90. The normalized spacial score (nSPS) is 20.7. The first kappa shape index (κ1) is 19.5.